The van der Waals surface area contributed by atoms with Crippen LogP contribution < -0.4 is 0 Å². The van der Waals surface area contributed by atoms with E-state index in [-0.39, 0.29) is 5.97 Å². The smallest absolute Gasteiger partial charge is 0.339 e. The maximum Gasteiger partial charge on any atom is 0.339 e. The molecular weight excluding hydrogens is 152 g/mol. The molecule has 0 spiro atoms. The zero-order chi connectivity index (χ0) is 8.72. The summed E-state index contributed by atoms with van der Waals surface area (Å²) in [6.07, 6.45) is 3.22. The Hall–Kier alpha value is -1.05. The molecule has 2 rings (SSSR count). The second kappa shape index (κ2) is 2.47. The van der Waals surface area contributed by atoms with Crippen LogP contribution in [0.4, 0.5) is 0 Å². The van der Waals surface area contributed by atoms with Crippen molar-refractivity contribution in [3.05, 3.63) is 22.5 Å². The average molecular weight is 164 g/mol. The molecule has 0 aromatic rings. The van der Waals surface area contributed by atoms with Crippen molar-refractivity contribution in [3.63, 3.8) is 0 Å². The first-order valence-electron chi connectivity index (χ1n) is 4.32. The van der Waals surface area contributed by atoms with Gasteiger partial charge in [-0.1, -0.05) is 0 Å². The van der Waals surface area contributed by atoms with Crippen LogP contribution in [0.25, 0.3) is 0 Å². The van der Waals surface area contributed by atoms with E-state index < -0.39 is 0 Å². The maximum atomic E-state index is 11.2. The lowest BCUT2D eigenvalue weighted by Gasteiger charge is -2.14. The molecule has 0 aromatic heterocycles. The van der Waals surface area contributed by atoms with Crippen molar-refractivity contribution in [1.82, 2.24) is 0 Å². The molecule has 1 heterocycles. The zero-order valence-electron chi connectivity index (χ0n) is 7.44. The Morgan fingerprint density at radius 1 is 1.25 bits per heavy atom. The highest BCUT2D eigenvalue weighted by Crippen LogP contribution is 2.37. The molecule has 0 amide bonds. The van der Waals surface area contributed by atoms with Crippen LogP contribution in [0.5, 0.6) is 0 Å². The first-order chi connectivity index (χ1) is 5.70. The zero-order valence-corrected chi connectivity index (χ0v) is 7.44. The molecule has 2 heteroatoms. The van der Waals surface area contributed by atoms with Crippen LogP contribution in [0.3, 0.4) is 0 Å². The Morgan fingerprint density at radius 3 is 2.67 bits per heavy atom. The van der Waals surface area contributed by atoms with Crippen molar-refractivity contribution < 1.29 is 9.53 Å². The fraction of sp³-hybridized carbons (Fsp3) is 0.500. The van der Waals surface area contributed by atoms with Crippen LogP contribution in [0.1, 0.15) is 33.1 Å². The van der Waals surface area contributed by atoms with E-state index in [9.17, 15) is 4.79 Å². The van der Waals surface area contributed by atoms with Crippen molar-refractivity contribution in [2.24, 2.45) is 0 Å². The van der Waals surface area contributed by atoms with Gasteiger partial charge in [0.1, 0.15) is 5.76 Å². The molecule has 2 nitrogen and oxygen atoms in total. The summed E-state index contributed by atoms with van der Waals surface area (Å²) in [6, 6.07) is 0. The van der Waals surface area contributed by atoms with Crippen LogP contribution in [-0.2, 0) is 9.53 Å². The fourth-order valence-electron chi connectivity index (χ4n) is 1.81. The van der Waals surface area contributed by atoms with Crippen molar-refractivity contribution in [1.29, 1.82) is 0 Å². The van der Waals surface area contributed by atoms with Gasteiger partial charge < -0.3 is 4.74 Å². The van der Waals surface area contributed by atoms with Crippen LogP contribution in [-0.4, -0.2) is 5.97 Å². The van der Waals surface area contributed by atoms with E-state index in [4.69, 9.17) is 4.74 Å². The highest BCUT2D eigenvalue weighted by molar-refractivity contribution is 5.94. The van der Waals surface area contributed by atoms with Crippen LogP contribution in [0.2, 0.25) is 0 Å². The van der Waals surface area contributed by atoms with Gasteiger partial charge in [0.25, 0.3) is 0 Å². The van der Waals surface area contributed by atoms with Crippen molar-refractivity contribution in [2.75, 3.05) is 0 Å². The van der Waals surface area contributed by atoms with Crippen molar-refractivity contribution >= 4 is 5.97 Å². The van der Waals surface area contributed by atoms with Crippen LogP contribution in [0.15, 0.2) is 22.5 Å². The lowest BCUT2D eigenvalue weighted by atomic mass is 9.93. The topological polar surface area (TPSA) is 26.3 Å². The van der Waals surface area contributed by atoms with Crippen LogP contribution >= 0.6 is 0 Å². The highest BCUT2D eigenvalue weighted by atomic mass is 16.5. The van der Waals surface area contributed by atoms with E-state index >= 15 is 0 Å². The first kappa shape index (κ1) is 7.59. The van der Waals surface area contributed by atoms with Gasteiger partial charge >= 0.3 is 5.97 Å². The molecule has 0 unspecified atom stereocenters. The number of hydrogen-bond donors (Lipinski definition) is 0. The largest absolute Gasteiger partial charge is 0.423 e. The second-order valence-corrected chi connectivity index (χ2v) is 3.46. The predicted octanol–water partition coefficient (Wildman–Crippen LogP) is 2.32. The quantitative estimate of drug-likeness (QED) is 0.513. The third-order valence-corrected chi connectivity index (χ3v) is 2.59. The minimum absolute atomic E-state index is 0.152. The molecule has 0 fully saturated rings. The standard InChI is InChI=1S/C10H12O2/c1-6-4-3-5-8-7(2)10(11)12-9(6)8/h3-5H2,1-2H3. The number of allylic oxidation sites excluding steroid dienone is 2. The number of fused-ring (bicyclic) bond motifs is 1. The lowest BCUT2D eigenvalue weighted by molar-refractivity contribution is -0.133. The number of ether oxygens (including phenoxy) is 1. The van der Waals surface area contributed by atoms with E-state index in [1.165, 1.54) is 5.57 Å². The molecular formula is C10H12O2. The monoisotopic (exact) mass is 164 g/mol. The third-order valence-electron chi connectivity index (χ3n) is 2.59. The molecule has 0 N–H and O–H groups in total. The summed E-state index contributed by atoms with van der Waals surface area (Å²) in [5.41, 5.74) is 3.18. The molecule has 0 radical (unpaired) electrons. The van der Waals surface area contributed by atoms with Gasteiger partial charge in [-0.05, 0) is 38.7 Å². The minimum atomic E-state index is -0.152. The van der Waals surface area contributed by atoms with Crippen molar-refractivity contribution in [2.45, 2.75) is 33.1 Å². The summed E-state index contributed by atoms with van der Waals surface area (Å²) in [6.45, 7) is 3.89. The SMILES string of the molecule is CC1=C2OC(=O)C(C)=C2CCC1. The van der Waals surface area contributed by atoms with Gasteiger partial charge in [-0.3, -0.25) is 0 Å². The molecule has 1 aliphatic heterocycles. The molecule has 64 valence electrons. The van der Waals surface area contributed by atoms with Gasteiger partial charge in [-0.15, -0.1) is 0 Å². The van der Waals surface area contributed by atoms with Gasteiger partial charge in [-0.2, -0.15) is 0 Å². The van der Waals surface area contributed by atoms with Gasteiger partial charge in [0, 0.05) is 11.1 Å². The van der Waals surface area contributed by atoms with E-state index in [0.717, 1.165) is 36.2 Å². The lowest BCUT2D eigenvalue weighted by Crippen LogP contribution is -1.99. The Morgan fingerprint density at radius 2 is 2.00 bits per heavy atom. The van der Waals surface area contributed by atoms with Gasteiger partial charge in [0.2, 0.25) is 0 Å². The number of esters is 1. The average Bonchev–Trinajstić information content (AvgIpc) is 2.32. The molecule has 0 atom stereocenters. The first-order valence-corrected chi connectivity index (χ1v) is 4.32. The molecule has 0 aromatic carbocycles. The number of carbonyl (C=O) groups excluding carboxylic acids is 1. The fourth-order valence-corrected chi connectivity index (χ4v) is 1.81. The van der Waals surface area contributed by atoms with Crippen LogP contribution in [0, 0.1) is 0 Å². The molecule has 0 bridgehead atoms. The maximum absolute atomic E-state index is 11.2. The minimum Gasteiger partial charge on any atom is -0.423 e. The van der Waals surface area contributed by atoms with E-state index in [2.05, 4.69) is 0 Å². The summed E-state index contributed by atoms with van der Waals surface area (Å²) < 4.78 is 5.16. The summed E-state index contributed by atoms with van der Waals surface area (Å²) in [4.78, 5) is 11.2. The summed E-state index contributed by atoms with van der Waals surface area (Å²) in [5, 5.41) is 0. The highest BCUT2D eigenvalue weighted by Gasteiger charge is 2.29. The number of rotatable bonds is 0. The Labute approximate surface area is 71.9 Å². The number of carbonyl (C=O) groups is 1. The molecule has 2 aliphatic rings. The summed E-state index contributed by atoms with van der Waals surface area (Å²) >= 11 is 0. The Balaban J connectivity index is 2.52. The third kappa shape index (κ3) is 0.909. The molecule has 0 saturated heterocycles. The normalized spacial score (nSPS) is 23.0. The molecule has 0 saturated carbocycles. The van der Waals surface area contributed by atoms with Gasteiger partial charge in [0.15, 0.2) is 0 Å². The second-order valence-electron chi connectivity index (χ2n) is 3.46. The van der Waals surface area contributed by atoms with E-state index in [0.29, 0.717) is 0 Å². The van der Waals surface area contributed by atoms with Gasteiger partial charge in [0.05, 0.1) is 0 Å². The van der Waals surface area contributed by atoms with E-state index in [1.54, 1.807) is 0 Å². The molecule has 12 heavy (non-hydrogen) atoms. The Bertz CT molecular complexity index is 308. The predicted molar refractivity (Wildman–Crippen MR) is 45.3 cm³/mol. The van der Waals surface area contributed by atoms with Gasteiger partial charge in [-0.25, -0.2) is 4.79 Å². The summed E-state index contributed by atoms with van der Waals surface area (Å²) in [5.74, 6) is 0.713. The Kier molecular flexibility index (Phi) is 1.56. The molecule has 1 aliphatic carbocycles. The summed E-state index contributed by atoms with van der Waals surface area (Å²) in [7, 11) is 0. The number of hydrogen-bond acceptors (Lipinski definition) is 2. The van der Waals surface area contributed by atoms with Crippen molar-refractivity contribution in [3.8, 4) is 0 Å². The van der Waals surface area contributed by atoms with E-state index in [1.807, 2.05) is 13.8 Å².